The first kappa shape index (κ1) is 15.4. The third kappa shape index (κ3) is 4.22. The van der Waals surface area contributed by atoms with E-state index in [0.717, 1.165) is 9.26 Å². The Balaban J connectivity index is 2.60. The highest BCUT2D eigenvalue weighted by atomic mass is 127. The fraction of sp³-hybridized carbons (Fsp3) is 0.462. The van der Waals surface area contributed by atoms with Gasteiger partial charge in [-0.3, -0.25) is 9.69 Å². The monoisotopic (exact) mass is 362 g/mol. The smallest absolute Gasteiger partial charge is 0.238 e. The minimum Gasteiger partial charge on any atom is -0.394 e. The van der Waals surface area contributed by atoms with Gasteiger partial charge >= 0.3 is 0 Å². The van der Waals surface area contributed by atoms with Crippen LogP contribution < -0.4 is 5.32 Å². The minimum absolute atomic E-state index is 0.0135. The molecule has 0 atom stereocenters. The van der Waals surface area contributed by atoms with Crippen molar-refractivity contribution < 1.29 is 9.90 Å². The van der Waals surface area contributed by atoms with Gasteiger partial charge in [-0.05, 0) is 55.6 Å². The maximum absolute atomic E-state index is 11.9. The number of carbonyl (C=O) groups is 1. The molecule has 0 aliphatic heterocycles. The summed E-state index contributed by atoms with van der Waals surface area (Å²) < 4.78 is 1.01. The molecule has 0 aliphatic rings. The highest BCUT2D eigenvalue weighted by Crippen LogP contribution is 2.17. The summed E-state index contributed by atoms with van der Waals surface area (Å²) in [5.41, 5.74) is 0.416. The summed E-state index contributed by atoms with van der Waals surface area (Å²) >= 11 is 2.18. The number of rotatable bonds is 5. The molecule has 5 heteroatoms. The van der Waals surface area contributed by atoms with Gasteiger partial charge in [0.2, 0.25) is 5.91 Å². The van der Waals surface area contributed by atoms with E-state index < -0.39 is 5.54 Å². The van der Waals surface area contributed by atoms with E-state index in [-0.39, 0.29) is 19.1 Å². The number of halogens is 1. The Bertz CT molecular complexity index is 421. The van der Waals surface area contributed by atoms with Gasteiger partial charge in [0.1, 0.15) is 0 Å². The molecule has 1 aromatic carbocycles. The number of carbonyl (C=O) groups excluding carboxylic acids is 1. The molecular weight excluding hydrogens is 343 g/mol. The normalized spacial score (nSPS) is 11.7. The molecule has 4 nitrogen and oxygen atoms in total. The topological polar surface area (TPSA) is 52.6 Å². The summed E-state index contributed by atoms with van der Waals surface area (Å²) in [5.74, 6) is -0.0804. The number of amides is 1. The van der Waals surface area contributed by atoms with E-state index in [1.54, 1.807) is 0 Å². The van der Waals surface area contributed by atoms with E-state index >= 15 is 0 Å². The summed E-state index contributed by atoms with van der Waals surface area (Å²) in [6.07, 6.45) is 0. The number of nitrogens with zero attached hydrogens (tertiary/aromatic N) is 1. The maximum atomic E-state index is 11.9. The summed E-state index contributed by atoms with van der Waals surface area (Å²) in [7, 11) is 1.83. The van der Waals surface area contributed by atoms with Gasteiger partial charge in [0.25, 0.3) is 0 Å². The molecule has 0 heterocycles. The Morgan fingerprint density at radius 3 is 2.61 bits per heavy atom. The first-order chi connectivity index (χ1) is 8.36. The van der Waals surface area contributed by atoms with Gasteiger partial charge in [0.05, 0.1) is 18.8 Å². The Morgan fingerprint density at radius 1 is 1.44 bits per heavy atom. The van der Waals surface area contributed by atoms with E-state index in [1.165, 1.54) is 0 Å². The number of hydrogen-bond donors (Lipinski definition) is 2. The molecular formula is C13H19IN2O2. The van der Waals surface area contributed by atoms with Gasteiger partial charge in [-0.25, -0.2) is 0 Å². The van der Waals surface area contributed by atoms with E-state index in [9.17, 15) is 9.90 Å². The van der Waals surface area contributed by atoms with Crippen LogP contribution >= 0.6 is 22.6 Å². The van der Waals surface area contributed by atoms with E-state index in [1.807, 2.05) is 50.1 Å². The summed E-state index contributed by atoms with van der Waals surface area (Å²) in [5, 5.41) is 12.1. The van der Waals surface area contributed by atoms with Gasteiger partial charge in [-0.2, -0.15) is 0 Å². The van der Waals surface area contributed by atoms with Gasteiger partial charge in [0, 0.05) is 9.11 Å². The molecule has 0 spiro atoms. The molecule has 1 amide bonds. The van der Waals surface area contributed by atoms with Crippen LogP contribution in [0.4, 0.5) is 5.69 Å². The van der Waals surface area contributed by atoms with Crippen LogP contribution in [0, 0.1) is 3.57 Å². The second-order valence-corrected chi connectivity index (χ2v) is 6.02. The quantitative estimate of drug-likeness (QED) is 0.788. The van der Waals surface area contributed by atoms with Crippen LogP contribution in [-0.2, 0) is 4.79 Å². The molecule has 2 N–H and O–H groups in total. The number of nitrogens with one attached hydrogen (secondary N) is 1. The number of benzene rings is 1. The molecule has 0 saturated carbocycles. The molecule has 1 rings (SSSR count). The predicted molar refractivity (Wildman–Crippen MR) is 81.6 cm³/mol. The van der Waals surface area contributed by atoms with E-state index in [0.29, 0.717) is 0 Å². The molecule has 1 aromatic rings. The van der Waals surface area contributed by atoms with Crippen LogP contribution in [-0.4, -0.2) is 41.7 Å². The van der Waals surface area contributed by atoms with Crippen LogP contribution in [0.1, 0.15) is 13.8 Å². The second kappa shape index (κ2) is 6.49. The van der Waals surface area contributed by atoms with Crippen molar-refractivity contribution in [2.45, 2.75) is 19.4 Å². The number of aliphatic hydroxyl groups excluding tert-OH is 1. The maximum Gasteiger partial charge on any atom is 0.238 e. The number of anilines is 1. The lowest BCUT2D eigenvalue weighted by Gasteiger charge is -2.33. The van der Waals surface area contributed by atoms with Crippen molar-refractivity contribution in [1.82, 2.24) is 4.90 Å². The van der Waals surface area contributed by atoms with Crippen LogP contribution in [0.3, 0.4) is 0 Å². The predicted octanol–water partition coefficient (Wildman–Crippen LogP) is 1.93. The Kier molecular flexibility index (Phi) is 5.55. The molecule has 0 unspecified atom stereocenters. The van der Waals surface area contributed by atoms with Crippen LogP contribution in [0.25, 0.3) is 0 Å². The third-order valence-corrected chi connectivity index (χ3v) is 3.89. The molecule has 0 radical (unpaired) electrons. The SMILES string of the molecule is CN(CC(=O)Nc1ccccc1I)C(C)(C)CO. The van der Waals surface area contributed by atoms with E-state index in [2.05, 4.69) is 27.9 Å². The lowest BCUT2D eigenvalue weighted by Crippen LogP contribution is -2.47. The number of aliphatic hydroxyl groups is 1. The summed E-state index contributed by atoms with van der Waals surface area (Å²) in [6, 6.07) is 7.63. The minimum atomic E-state index is -0.402. The standard InChI is InChI=1S/C13H19IN2O2/c1-13(2,9-17)16(3)8-12(18)15-11-7-5-4-6-10(11)14/h4-7,17H,8-9H2,1-3H3,(H,15,18). The Labute approximate surface area is 122 Å². The number of hydrogen-bond acceptors (Lipinski definition) is 3. The van der Waals surface area contributed by atoms with Gasteiger partial charge in [0.15, 0.2) is 0 Å². The van der Waals surface area contributed by atoms with Crippen molar-refractivity contribution in [3.05, 3.63) is 27.8 Å². The van der Waals surface area contributed by atoms with Gasteiger partial charge < -0.3 is 10.4 Å². The third-order valence-electron chi connectivity index (χ3n) is 2.95. The van der Waals surface area contributed by atoms with Crippen molar-refractivity contribution >= 4 is 34.2 Å². The molecule has 18 heavy (non-hydrogen) atoms. The number of para-hydroxylation sites is 1. The average molecular weight is 362 g/mol. The summed E-state index contributed by atoms with van der Waals surface area (Å²) in [6.45, 7) is 4.05. The molecule has 0 aromatic heterocycles. The fourth-order valence-corrected chi connectivity index (χ4v) is 1.82. The van der Waals surface area contributed by atoms with Crippen molar-refractivity contribution in [2.24, 2.45) is 0 Å². The van der Waals surface area contributed by atoms with Crippen molar-refractivity contribution in [3.8, 4) is 0 Å². The van der Waals surface area contributed by atoms with Gasteiger partial charge in [-0.1, -0.05) is 12.1 Å². The second-order valence-electron chi connectivity index (χ2n) is 4.85. The zero-order valence-electron chi connectivity index (χ0n) is 10.9. The van der Waals surface area contributed by atoms with E-state index in [4.69, 9.17) is 0 Å². The Hall–Kier alpha value is -0.660. The molecule has 0 bridgehead atoms. The van der Waals surface area contributed by atoms with Crippen molar-refractivity contribution in [2.75, 3.05) is 25.5 Å². The Morgan fingerprint density at radius 2 is 2.06 bits per heavy atom. The fourth-order valence-electron chi connectivity index (χ4n) is 1.30. The first-order valence-corrected chi connectivity index (χ1v) is 6.81. The molecule has 100 valence electrons. The lowest BCUT2D eigenvalue weighted by molar-refractivity contribution is -0.118. The first-order valence-electron chi connectivity index (χ1n) is 5.73. The molecule has 0 fully saturated rings. The van der Waals surface area contributed by atoms with Crippen LogP contribution in [0.2, 0.25) is 0 Å². The zero-order valence-corrected chi connectivity index (χ0v) is 13.1. The zero-order chi connectivity index (χ0) is 13.8. The van der Waals surface area contributed by atoms with Crippen LogP contribution in [0.5, 0.6) is 0 Å². The number of likely N-dealkylation sites (N-methyl/N-ethyl adjacent to an activating group) is 1. The molecule has 0 saturated heterocycles. The highest BCUT2D eigenvalue weighted by Gasteiger charge is 2.24. The molecule has 0 aliphatic carbocycles. The average Bonchev–Trinajstić information content (AvgIpc) is 2.32. The summed E-state index contributed by atoms with van der Waals surface area (Å²) in [4.78, 5) is 13.7. The van der Waals surface area contributed by atoms with Crippen molar-refractivity contribution in [1.29, 1.82) is 0 Å². The largest absolute Gasteiger partial charge is 0.394 e. The van der Waals surface area contributed by atoms with Crippen molar-refractivity contribution in [3.63, 3.8) is 0 Å². The lowest BCUT2D eigenvalue weighted by atomic mass is 10.1. The van der Waals surface area contributed by atoms with Gasteiger partial charge in [-0.15, -0.1) is 0 Å². The van der Waals surface area contributed by atoms with Crippen LogP contribution in [0.15, 0.2) is 24.3 Å². The highest BCUT2D eigenvalue weighted by molar-refractivity contribution is 14.1.